The summed E-state index contributed by atoms with van der Waals surface area (Å²) in [5, 5.41) is 13.9. The van der Waals surface area contributed by atoms with Crippen molar-refractivity contribution < 1.29 is 28.8 Å². The van der Waals surface area contributed by atoms with E-state index < -0.39 is 23.8 Å². The van der Waals surface area contributed by atoms with Crippen molar-refractivity contribution in [2.45, 2.75) is 77.4 Å². The van der Waals surface area contributed by atoms with Gasteiger partial charge < -0.3 is 24.2 Å². The molecule has 3 aliphatic rings. The van der Waals surface area contributed by atoms with E-state index in [9.17, 15) is 19.5 Å². The summed E-state index contributed by atoms with van der Waals surface area (Å²) in [6, 6.07) is 3.34. The second-order valence-corrected chi connectivity index (χ2v) is 11.9. The van der Waals surface area contributed by atoms with Crippen LogP contribution in [0.1, 0.15) is 87.2 Å². The Bertz CT molecular complexity index is 1250. The molecule has 10 nitrogen and oxygen atoms in total. The van der Waals surface area contributed by atoms with Gasteiger partial charge in [-0.3, -0.25) is 14.4 Å². The van der Waals surface area contributed by atoms with Crippen LogP contribution in [-0.2, 0) is 27.4 Å². The lowest BCUT2D eigenvalue weighted by molar-refractivity contribution is -0.154. The van der Waals surface area contributed by atoms with Crippen LogP contribution in [0.25, 0.3) is 0 Å². The van der Waals surface area contributed by atoms with Crippen molar-refractivity contribution in [2.75, 3.05) is 19.6 Å². The van der Waals surface area contributed by atoms with E-state index in [-0.39, 0.29) is 24.3 Å². The normalized spacial score (nSPS) is 23.3. The third-order valence-corrected chi connectivity index (χ3v) is 8.90. The van der Waals surface area contributed by atoms with Gasteiger partial charge in [-0.2, -0.15) is 4.98 Å². The Morgan fingerprint density at radius 1 is 1.15 bits per heavy atom. The van der Waals surface area contributed by atoms with Gasteiger partial charge in [0, 0.05) is 42.0 Å². The molecule has 1 saturated heterocycles. The lowest BCUT2D eigenvalue weighted by Gasteiger charge is -2.43. The molecule has 1 N–H and O–H groups in total. The number of halogens is 1. The molecule has 2 amide bonds. The van der Waals surface area contributed by atoms with Gasteiger partial charge in [0.05, 0.1) is 17.9 Å². The lowest BCUT2D eigenvalue weighted by Crippen LogP contribution is -2.50. The zero-order valence-electron chi connectivity index (χ0n) is 22.4. The molecule has 2 fully saturated rings. The molecule has 0 radical (unpaired) electrons. The first kappa shape index (κ1) is 27.6. The maximum absolute atomic E-state index is 14.1. The molecular formula is C28H35BrN4O6. The topological polar surface area (TPSA) is 126 Å². The predicted octanol–water partition coefficient (Wildman–Crippen LogP) is 4.47. The minimum absolute atomic E-state index is 0.0704. The SMILES string of the molecule is CC(C)c1nc(COc2ccc(Br)c3c2[C@@H](CN2CCCC2=O)N(C(=O)C2CCCCC2C(=O)O)CC3)no1. The molecule has 1 aromatic carbocycles. The number of carboxylic acids is 1. The zero-order chi connectivity index (χ0) is 27.7. The fraction of sp³-hybridized carbons (Fsp3) is 0.607. The lowest BCUT2D eigenvalue weighted by atomic mass is 9.77. The van der Waals surface area contributed by atoms with Crippen LogP contribution in [0.3, 0.4) is 0 Å². The van der Waals surface area contributed by atoms with E-state index in [1.165, 1.54) is 0 Å². The number of ether oxygens (including phenoxy) is 1. The Hall–Kier alpha value is -2.95. The molecule has 1 saturated carbocycles. The molecule has 1 aromatic heterocycles. The van der Waals surface area contributed by atoms with E-state index in [4.69, 9.17) is 9.26 Å². The van der Waals surface area contributed by atoms with Crippen LogP contribution >= 0.6 is 15.9 Å². The first-order valence-corrected chi connectivity index (χ1v) is 14.6. The van der Waals surface area contributed by atoms with Crippen LogP contribution in [0.5, 0.6) is 5.75 Å². The van der Waals surface area contributed by atoms with Gasteiger partial charge in [0.2, 0.25) is 23.5 Å². The van der Waals surface area contributed by atoms with Gasteiger partial charge in [-0.15, -0.1) is 0 Å². The summed E-state index contributed by atoms with van der Waals surface area (Å²) in [4.78, 5) is 46.8. The third-order valence-electron chi connectivity index (χ3n) is 8.15. The van der Waals surface area contributed by atoms with Crippen LogP contribution in [0.15, 0.2) is 21.1 Å². The number of likely N-dealkylation sites (tertiary alicyclic amines) is 1. The van der Waals surface area contributed by atoms with E-state index in [1.807, 2.05) is 35.8 Å². The van der Waals surface area contributed by atoms with Gasteiger partial charge in [-0.05, 0) is 43.4 Å². The number of carbonyl (C=O) groups excluding carboxylic acids is 2. The van der Waals surface area contributed by atoms with Crippen molar-refractivity contribution >= 4 is 33.7 Å². The highest BCUT2D eigenvalue weighted by atomic mass is 79.9. The standard InChI is InChI=1S/C28H35BrN4O6/c1-16(2)26-30-23(31-39-26)15-38-22-10-9-20(29)19-11-13-33(21(25(19)22)14-32-12-5-8-24(32)34)27(35)17-6-3-4-7-18(17)28(36)37/h9-10,16-18,21H,3-8,11-15H2,1-2H3,(H,36,37)/t17?,18?,21-/m1/s1. The monoisotopic (exact) mass is 602 g/mol. The van der Waals surface area contributed by atoms with Crippen molar-refractivity contribution in [3.63, 3.8) is 0 Å². The van der Waals surface area contributed by atoms with Crippen molar-refractivity contribution in [3.8, 4) is 5.75 Å². The van der Waals surface area contributed by atoms with Crippen LogP contribution < -0.4 is 4.74 Å². The number of amides is 2. The van der Waals surface area contributed by atoms with E-state index >= 15 is 0 Å². The molecule has 0 spiro atoms. The number of hydrogen-bond donors (Lipinski definition) is 1. The van der Waals surface area contributed by atoms with Gasteiger partial charge in [0.15, 0.2) is 6.61 Å². The van der Waals surface area contributed by atoms with Crippen LogP contribution in [0.2, 0.25) is 0 Å². The number of fused-ring (bicyclic) bond motifs is 1. The van der Waals surface area contributed by atoms with E-state index in [2.05, 4.69) is 26.1 Å². The summed E-state index contributed by atoms with van der Waals surface area (Å²) in [6.45, 7) is 5.47. The number of aliphatic carboxylic acids is 1. The summed E-state index contributed by atoms with van der Waals surface area (Å²) < 4.78 is 12.5. The summed E-state index contributed by atoms with van der Waals surface area (Å²) in [7, 11) is 0. The molecule has 3 atom stereocenters. The molecule has 3 heterocycles. The van der Waals surface area contributed by atoms with Crippen LogP contribution in [0, 0.1) is 11.8 Å². The number of hydrogen-bond acceptors (Lipinski definition) is 7. The van der Waals surface area contributed by atoms with Gasteiger partial charge >= 0.3 is 5.97 Å². The van der Waals surface area contributed by atoms with E-state index in [1.54, 1.807) is 0 Å². The van der Waals surface area contributed by atoms with Crippen molar-refractivity contribution in [1.82, 2.24) is 19.9 Å². The zero-order valence-corrected chi connectivity index (χ0v) is 24.0. The first-order chi connectivity index (χ1) is 18.7. The van der Waals surface area contributed by atoms with E-state index in [0.717, 1.165) is 34.9 Å². The fourth-order valence-electron chi connectivity index (χ4n) is 6.10. The van der Waals surface area contributed by atoms with Crippen LogP contribution in [0.4, 0.5) is 0 Å². The maximum atomic E-state index is 14.1. The largest absolute Gasteiger partial charge is 0.485 e. The molecule has 5 rings (SSSR count). The highest BCUT2D eigenvalue weighted by Gasteiger charge is 2.43. The summed E-state index contributed by atoms with van der Waals surface area (Å²) in [6.07, 6.45) is 4.59. The second-order valence-electron chi connectivity index (χ2n) is 11.0. The number of rotatable bonds is 8. The molecule has 2 unspecified atom stereocenters. The smallest absolute Gasteiger partial charge is 0.307 e. The average molecular weight is 604 g/mol. The molecular weight excluding hydrogens is 568 g/mol. The second kappa shape index (κ2) is 11.7. The Morgan fingerprint density at radius 2 is 1.92 bits per heavy atom. The maximum Gasteiger partial charge on any atom is 0.307 e. The van der Waals surface area contributed by atoms with Crippen molar-refractivity contribution in [2.24, 2.45) is 11.8 Å². The summed E-state index contributed by atoms with van der Waals surface area (Å²) >= 11 is 3.69. The van der Waals surface area contributed by atoms with Crippen molar-refractivity contribution in [1.29, 1.82) is 0 Å². The summed E-state index contributed by atoms with van der Waals surface area (Å²) in [5.41, 5.74) is 1.88. The first-order valence-electron chi connectivity index (χ1n) is 13.8. The van der Waals surface area contributed by atoms with Crippen molar-refractivity contribution in [3.05, 3.63) is 39.4 Å². The predicted molar refractivity (Wildman–Crippen MR) is 144 cm³/mol. The molecule has 1 aliphatic carbocycles. The Morgan fingerprint density at radius 3 is 2.59 bits per heavy atom. The molecule has 210 valence electrons. The molecule has 0 bridgehead atoms. The Kier molecular flexibility index (Phi) is 8.25. The number of nitrogens with zero attached hydrogens (tertiary/aromatic N) is 4. The highest BCUT2D eigenvalue weighted by molar-refractivity contribution is 9.10. The van der Waals surface area contributed by atoms with Gasteiger partial charge in [-0.1, -0.05) is 47.8 Å². The van der Waals surface area contributed by atoms with E-state index in [0.29, 0.717) is 62.8 Å². The van der Waals surface area contributed by atoms with Gasteiger partial charge in [0.25, 0.3) is 0 Å². The summed E-state index contributed by atoms with van der Waals surface area (Å²) in [5.74, 6) is -0.584. The molecule has 11 heteroatoms. The molecule has 39 heavy (non-hydrogen) atoms. The average Bonchev–Trinajstić information content (AvgIpc) is 3.57. The number of carboxylic acid groups (broad SMARTS) is 1. The minimum atomic E-state index is -0.913. The number of benzene rings is 1. The molecule has 2 aliphatic heterocycles. The number of carbonyl (C=O) groups is 3. The highest BCUT2D eigenvalue weighted by Crippen LogP contribution is 2.43. The molecule has 2 aromatic rings. The minimum Gasteiger partial charge on any atom is -0.485 e. The quantitative estimate of drug-likeness (QED) is 0.469. The number of aromatic nitrogens is 2. The third kappa shape index (κ3) is 5.69. The fourth-order valence-corrected chi connectivity index (χ4v) is 6.65. The van der Waals surface area contributed by atoms with Gasteiger partial charge in [-0.25, -0.2) is 0 Å². The van der Waals surface area contributed by atoms with Crippen LogP contribution in [-0.4, -0.2) is 62.5 Å². The Balaban J connectivity index is 1.49. The van der Waals surface area contributed by atoms with Gasteiger partial charge in [0.1, 0.15) is 5.75 Å². The Labute approximate surface area is 236 Å².